The number of aromatic hydroxyl groups is 1. The molecule has 292 valence electrons. The zero-order valence-corrected chi connectivity index (χ0v) is 32.3. The zero-order chi connectivity index (χ0) is 38.8. The molecular formula is C48H50N4O5. The van der Waals surface area contributed by atoms with Crippen LogP contribution in [0.4, 0.5) is 0 Å². The van der Waals surface area contributed by atoms with E-state index >= 15 is 0 Å². The molecule has 0 aromatic heterocycles. The molecule has 5 fully saturated rings. The summed E-state index contributed by atoms with van der Waals surface area (Å²) >= 11 is 0. The second-order valence-corrected chi connectivity index (χ2v) is 17.3. The first-order valence-corrected chi connectivity index (χ1v) is 21.0. The molecule has 4 aliphatic heterocycles. The number of amides is 4. The van der Waals surface area contributed by atoms with E-state index in [1.807, 2.05) is 42.5 Å². The molecule has 9 nitrogen and oxygen atoms in total. The Morgan fingerprint density at radius 1 is 0.526 bits per heavy atom. The molecule has 0 radical (unpaired) electrons. The van der Waals surface area contributed by atoms with E-state index in [4.69, 9.17) is 0 Å². The predicted molar refractivity (Wildman–Crippen MR) is 216 cm³/mol. The lowest BCUT2D eigenvalue weighted by molar-refractivity contribution is -0.146. The van der Waals surface area contributed by atoms with Crippen LogP contribution < -0.4 is 0 Å². The van der Waals surface area contributed by atoms with E-state index in [-0.39, 0.29) is 47.4 Å². The third-order valence-corrected chi connectivity index (χ3v) is 14.3. The van der Waals surface area contributed by atoms with E-state index in [1.54, 1.807) is 15.9 Å². The quantitative estimate of drug-likeness (QED) is 0.169. The molecule has 6 aliphatic rings. The number of nitrogens with zero attached hydrogens (tertiary/aromatic N) is 4. The number of carbonyl (C=O) groups is 4. The van der Waals surface area contributed by atoms with Crippen LogP contribution in [0.1, 0.15) is 61.1 Å². The number of allylic oxidation sites excluding steroid dienone is 2. The number of phenolic OH excluding ortho intramolecular Hbond substituents is 1. The highest BCUT2D eigenvalue weighted by atomic mass is 16.3. The molecule has 0 bridgehead atoms. The van der Waals surface area contributed by atoms with Gasteiger partial charge in [-0.15, -0.1) is 0 Å². The van der Waals surface area contributed by atoms with Gasteiger partial charge >= 0.3 is 0 Å². The molecule has 4 saturated heterocycles. The molecule has 4 aromatic rings. The van der Waals surface area contributed by atoms with Crippen molar-refractivity contribution >= 4 is 34.4 Å². The standard InChI is InChI=1S/C48H50N4O5/c53-41-18-17-36(34-13-7-8-14-35(34)41)42-37-15-16-38-43(47(56)51(45(38)54)32-19-23-49(24-20-32)28-30-9-3-1-4-10-30)39(37)27-40-44(42)48(57)52(46(40)55)33-21-25-50(26-22-33)29-31-11-5-2-6-12-31/h1-15,17-18,32-33,38-40,42-44,53H,16,19-29H2. The van der Waals surface area contributed by atoms with Gasteiger partial charge in [0.25, 0.3) is 0 Å². The number of phenols is 1. The average Bonchev–Trinajstić information content (AvgIpc) is 3.65. The second-order valence-electron chi connectivity index (χ2n) is 17.3. The van der Waals surface area contributed by atoms with Gasteiger partial charge in [0.1, 0.15) is 5.75 Å². The summed E-state index contributed by atoms with van der Waals surface area (Å²) in [4.78, 5) is 66.8. The van der Waals surface area contributed by atoms with Gasteiger partial charge in [0.2, 0.25) is 23.6 Å². The van der Waals surface area contributed by atoms with E-state index in [2.05, 4.69) is 64.4 Å². The first-order valence-electron chi connectivity index (χ1n) is 21.0. The molecule has 1 saturated carbocycles. The van der Waals surface area contributed by atoms with E-state index < -0.39 is 29.6 Å². The van der Waals surface area contributed by atoms with Crippen molar-refractivity contribution in [1.82, 2.24) is 19.6 Å². The summed E-state index contributed by atoms with van der Waals surface area (Å²) in [6, 6.07) is 31.8. The van der Waals surface area contributed by atoms with Gasteiger partial charge in [0, 0.05) is 62.7 Å². The van der Waals surface area contributed by atoms with Crippen molar-refractivity contribution in [3.63, 3.8) is 0 Å². The third kappa shape index (κ3) is 6.21. The van der Waals surface area contributed by atoms with Crippen LogP contribution in [-0.4, -0.2) is 86.6 Å². The largest absolute Gasteiger partial charge is 0.507 e. The number of imide groups is 2. The van der Waals surface area contributed by atoms with Crippen molar-refractivity contribution in [1.29, 1.82) is 0 Å². The highest BCUT2D eigenvalue weighted by molar-refractivity contribution is 6.08. The van der Waals surface area contributed by atoms with E-state index in [0.717, 1.165) is 81.5 Å². The number of benzene rings is 4. The van der Waals surface area contributed by atoms with Crippen LogP contribution in [0, 0.1) is 29.6 Å². The molecule has 57 heavy (non-hydrogen) atoms. The lowest BCUT2D eigenvalue weighted by Crippen LogP contribution is -2.48. The highest BCUT2D eigenvalue weighted by Crippen LogP contribution is 2.59. The fourth-order valence-corrected chi connectivity index (χ4v) is 11.6. The predicted octanol–water partition coefficient (Wildman–Crippen LogP) is 6.51. The molecule has 2 aliphatic carbocycles. The monoisotopic (exact) mass is 762 g/mol. The molecule has 10 rings (SSSR count). The first kappa shape index (κ1) is 36.2. The molecule has 9 heteroatoms. The Bertz CT molecular complexity index is 2240. The topological polar surface area (TPSA) is 101 Å². The Kier molecular flexibility index (Phi) is 9.33. The summed E-state index contributed by atoms with van der Waals surface area (Å²) in [5, 5.41) is 12.5. The summed E-state index contributed by atoms with van der Waals surface area (Å²) in [6.45, 7) is 4.92. The number of hydrogen-bond donors (Lipinski definition) is 1. The fourth-order valence-electron chi connectivity index (χ4n) is 11.6. The van der Waals surface area contributed by atoms with Crippen molar-refractivity contribution in [2.75, 3.05) is 26.2 Å². The lowest BCUT2D eigenvalue weighted by atomic mass is 9.57. The van der Waals surface area contributed by atoms with Crippen LogP contribution in [0.3, 0.4) is 0 Å². The minimum absolute atomic E-state index is 0.0757. The van der Waals surface area contributed by atoms with Crippen LogP contribution in [0.15, 0.2) is 109 Å². The van der Waals surface area contributed by atoms with Crippen LogP contribution in [0.2, 0.25) is 0 Å². The SMILES string of the molecule is O=C1C2CC=C3C(CC4C(=O)N(C5CCN(Cc6ccccc6)CC5)C(=O)C4C3c3ccc(O)c4ccccc34)C2C(=O)N1C1CCN(Cc2ccccc2)CC1. The number of rotatable bonds is 7. The number of likely N-dealkylation sites (tertiary alicyclic amines) is 4. The number of piperidine rings is 2. The second kappa shape index (κ2) is 14.7. The van der Waals surface area contributed by atoms with Gasteiger partial charge in [-0.25, -0.2) is 0 Å². The smallest absolute Gasteiger partial charge is 0.234 e. The summed E-state index contributed by atoms with van der Waals surface area (Å²) in [5.74, 6) is -3.24. The number of hydrogen-bond acceptors (Lipinski definition) is 7. The molecular weight excluding hydrogens is 713 g/mol. The summed E-state index contributed by atoms with van der Waals surface area (Å²) in [6.07, 6.45) is 5.91. The highest BCUT2D eigenvalue weighted by Gasteiger charge is 2.63. The van der Waals surface area contributed by atoms with E-state index in [0.29, 0.717) is 18.2 Å². The summed E-state index contributed by atoms with van der Waals surface area (Å²) in [7, 11) is 0. The maximum atomic E-state index is 14.9. The van der Waals surface area contributed by atoms with Crippen molar-refractivity contribution < 1.29 is 24.3 Å². The van der Waals surface area contributed by atoms with Crippen molar-refractivity contribution in [2.45, 2.75) is 69.6 Å². The van der Waals surface area contributed by atoms with Gasteiger partial charge in [-0.05, 0) is 72.6 Å². The van der Waals surface area contributed by atoms with Gasteiger partial charge in [0.15, 0.2) is 0 Å². The van der Waals surface area contributed by atoms with Crippen molar-refractivity contribution in [3.05, 3.63) is 125 Å². The molecule has 4 aromatic carbocycles. The van der Waals surface area contributed by atoms with Crippen LogP contribution >= 0.6 is 0 Å². The maximum absolute atomic E-state index is 14.9. The van der Waals surface area contributed by atoms with Gasteiger partial charge in [-0.3, -0.25) is 38.8 Å². The van der Waals surface area contributed by atoms with E-state index in [1.165, 1.54) is 11.1 Å². The maximum Gasteiger partial charge on any atom is 0.234 e. The number of carbonyl (C=O) groups excluding carboxylic acids is 4. The molecule has 6 atom stereocenters. The average molecular weight is 763 g/mol. The van der Waals surface area contributed by atoms with Crippen LogP contribution in [0.5, 0.6) is 5.75 Å². The van der Waals surface area contributed by atoms with Gasteiger partial charge in [0.05, 0.1) is 23.7 Å². The Hall–Kier alpha value is -5.12. The van der Waals surface area contributed by atoms with E-state index in [9.17, 15) is 24.3 Å². The zero-order valence-electron chi connectivity index (χ0n) is 32.3. The lowest BCUT2D eigenvalue weighted by Gasteiger charge is -2.44. The minimum atomic E-state index is -0.607. The first-order chi connectivity index (χ1) is 27.9. The summed E-state index contributed by atoms with van der Waals surface area (Å²) < 4.78 is 0. The molecule has 4 amide bonds. The van der Waals surface area contributed by atoms with Crippen LogP contribution in [-0.2, 0) is 32.3 Å². The van der Waals surface area contributed by atoms with Gasteiger partial charge in [-0.1, -0.05) is 103 Å². The Balaban J connectivity index is 0.943. The Morgan fingerprint density at radius 2 is 1.04 bits per heavy atom. The Labute approximate surface area is 333 Å². The summed E-state index contributed by atoms with van der Waals surface area (Å²) in [5.41, 5.74) is 4.41. The van der Waals surface area contributed by atoms with Crippen LogP contribution in [0.25, 0.3) is 10.8 Å². The molecule has 4 heterocycles. The molecule has 6 unspecified atom stereocenters. The molecule has 1 N–H and O–H groups in total. The Morgan fingerprint density at radius 3 is 1.61 bits per heavy atom. The fraction of sp³-hybridized carbons (Fsp3) is 0.417. The minimum Gasteiger partial charge on any atom is -0.507 e. The molecule has 0 spiro atoms. The van der Waals surface area contributed by atoms with Crippen molar-refractivity contribution in [2.24, 2.45) is 29.6 Å². The third-order valence-electron chi connectivity index (χ3n) is 14.3. The van der Waals surface area contributed by atoms with Gasteiger partial charge in [-0.2, -0.15) is 0 Å². The van der Waals surface area contributed by atoms with Gasteiger partial charge < -0.3 is 5.11 Å². The normalized spacial score (nSPS) is 28.8. The van der Waals surface area contributed by atoms with Crippen molar-refractivity contribution in [3.8, 4) is 5.75 Å². The number of fused-ring (bicyclic) bond motifs is 5.